The Morgan fingerprint density at radius 2 is 2.04 bits per heavy atom. The van der Waals surface area contributed by atoms with Crippen LogP contribution >= 0.6 is 0 Å². The highest BCUT2D eigenvalue weighted by Gasteiger charge is 2.18. The maximum Gasteiger partial charge on any atom is 0.293 e. The van der Waals surface area contributed by atoms with Gasteiger partial charge in [0.1, 0.15) is 17.0 Å². The average Bonchev–Trinajstić information content (AvgIpc) is 2.99. The van der Waals surface area contributed by atoms with E-state index in [9.17, 15) is 10.1 Å². The summed E-state index contributed by atoms with van der Waals surface area (Å²) in [5.41, 5.74) is 1.23. The second kappa shape index (κ2) is 5.81. The normalized spacial score (nSPS) is 11.8. The molecule has 6 heteroatoms. The molecule has 0 radical (unpaired) electrons. The van der Waals surface area contributed by atoms with Crippen molar-refractivity contribution in [2.24, 2.45) is 0 Å². The quantitative estimate of drug-likeness (QED) is 0.570. The minimum Gasteiger partial charge on any atom is -0.459 e. The maximum absolute atomic E-state index is 11.2. The molecule has 1 atom stereocenters. The highest BCUT2D eigenvalue weighted by atomic mass is 16.6. The van der Waals surface area contributed by atoms with Gasteiger partial charge in [0.05, 0.1) is 22.6 Å². The minimum absolute atomic E-state index is 0.132. The van der Waals surface area contributed by atoms with E-state index in [1.807, 2.05) is 43.3 Å². The number of hydrogen-bond acceptors (Lipinski definition) is 5. The Hall–Kier alpha value is -3.33. The average molecular weight is 307 g/mol. The predicted octanol–water partition coefficient (Wildman–Crippen LogP) is 4.39. The summed E-state index contributed by atoms with van der Waals surface area (Å²) in [6, 6.07) is 15.5. The van der Waals surface area contributed by atoms with Crippen LogP contribution in [0.3, 0.4) is 0 Å². The molecule has 6 nitrogen and oxygen atoms in total. The van der Waals surface area contributed by atoms with Crippen molar-refractivity contribution in [1.29, 1.82) is 5.26 Å². The first-order valence-electron chi connectivity index (χ1n) is 7.02. The summed E-state index contributed by atoms with van der Waals surface area (Å²) in [7, 11) is 0. The fourth-order valence-corrected chi connectivity index (χ4v) is 2.39. The fourth-order valence-electron chi connectivity index (χ4n) is 2.39. The number of benzene rings is 2. The number of nitrogens with zero attached hydrogens (tertiary/aromatic N) is 2. The van der Waals surface area contributed by atoms with E-state index in [1.165, 1.54) is 12.1 Å². The first-order valence-corrected chi connectivity index (χ1v) is 7.02. The summed E-state index contributed by atoms with van der Waals surface area (Å²) in [4.78, 5) is 10.7. The summed E-state index contributed by atoms with van der Waals surface area (Å²) in [6.45, 7) is 1.86. The van der Waals surface area contributed by atoms with Crippen LogP contribution in [0.15, 0.2) is 52.9 Å². The van der Waals surface area contributed by atoms with Crippen molar-refractivity contribution in [3.8, 4) is 6.07 Å². The van der Waals surface area contributed by atoms with Crippen molar-refractivity contribution >= 4 is 22.3 Å². The van der Waals surface area contributed by atoms with Gasteiger partial charge in [-0.3, -0.25) is 10.1 Å². The van der Waals surface area contributed by atoms with Crippen molar-refractivity contribution in [2.75, 3.05) is 5.32 Å². The number of anilines is 1. The number of nitro groups is 1. The summed E-state index contributed by atoms with van der Waals surface area (Å²) >= 11 is 0. The maximum atomic E-state index is 11.2. The highest BCUT2D eigenvalue weighted by Crippen LogP contribution is 2.31. The smallest absolute Gasteiger partial charge is 0.293 e. The van der Waals surface area contributed by atoms with E-state index < -0.39 is 4.92 Å². The highest BCUT2D eigenvalue weighted by molar-refractivity contribution is 5.78. The summed E-state index contributed by atoms with van der Waals surface area (Å²) < 4.78 is 5.76. The third kappa shape index (κ3) is 2.85. The van der Waals surface area contributed by atoms with Crippen LogP contribution in [0.1, 0.15) is 24.3 Å². The summed E-state index contributed by atoms with van der Waals surface area (Å²) in [6.07, 6.45) is 0. The lowest BCUT2D eigenvalue weighted by atomic mass is 10.1. The molecule has 3 rings (SSSR count). The number of para-hydroxylation sites is 1. The zero-order chi connectivity index (χ0) is 16.4. The number of nitrogens with one attached hydrogen (secondary N) is 1. The van der Waals surface area contributed by atoms with Crippen molar-refractivity contribution in [2.45, 2.75) is 13.0 Å². The molecule has 0 unspecified atom stereocenters. The third-order valence-corrected chi connectivity index (χ3v) is 3.57. The predicted molar refractivity (Wildman–Crippen MR) is 86.1 cm³/mol. The van der Waals surface area contributed by atoms with Gasteiger partial charge in [-0.15, -0.1) is 0 Å². The van der Waals surface area contributed by atoms with Crippen molar-refractivity contribution in [3.63, 3.8) is 0 Å². The van der Waals surface area contributed by atoms with Gasteiger partial charge in [0.15, 0.2) is 0 Å². The van der Waals surface area contributed by atoms with Gasteiger partial charge < -0.3 is 9.73 Å². The van der Waals surface area contributed by atoms with Crippen LogP contribution < -0.4 is 5.32 Å². The van der Waals surface area contributed by atoms with Crippen LogP contribution in [0.5, 0.6) is 0 Å². The van der Waals surface area contributed by atoms with E-state index in [1.54, 1.807) is 6.07 Å². The van der Waals surface area contributed by atoms with Gasteiger partial charge in [-0.1, -0.05) is 18.2 Å². The SMILES string of the molecule is C[C@@H](Nc1ccc(C#N)cc1[N+](=O)[O-])c1cc2ccccc2o1. The molecule has 23 heavy (non-hydrogen) atoms. The number of rotatable bonds is 4. The van der Waals surface area contributed by atoms with Crippen LogP contribution in [0, 0.1) is 21.4 Å². The Kier molecular flexibility index (Phi) is 3.69. The molecular weight excluding hydrogens is 294 g/mol. The summed E-state index contributed by atoms with van der Waals surface area (Å²) in [5.74, 6) is 0.685. The van der Waals surface area contributed by atoms with Gasteiger partial charge >= 0.3 is 0 Å². The molecule has 1 N–H and O–H groups in total. The van der Waals surface area contributed by atoms with Crippen LogP contribution in [0.4, 0.5) is 11.4 Å². The van der Waals surface area contributed by atoms with E-state index in [4.69, 9.17) is 9.68 Å². The number of hydrogen-bond donors (Lipinski definition) is 1. The van der Waals surface area contributed by atoms with E-state index in [0.29, 0.717) is 11.4 Å². The number of nitro benzene ring substituents is 1. The van der Waals surface area contributed by atoms with Crippen LogP contribution in [0.2, 0.25) is 0 Å². The molecule has 0 aliphatic carbocycles. The molecular formula is C17H13N3O3. The van der Waals surface area contributed by atoms with Crippen molar-refractivity contribution in [1.82, 2.24) is 0 Å². The zero-order valence-electron chi connectivity index (χ0n) is 12.3. The Bertz CT molecular complexity index is 891. The lowest BCUT2D eigenvalue weighted by Gasteiger charge is -2.13. The molecule has 1 heterocycles. The topological polar surface area (TPSA) is 92.1 Å². The Morgan fingerprint density at radius 1 is 1.26 bits per heavy atom. The van der Waals surface area contributed by atoms with Crippen molar-refractivity contribution < 1.29 is 9.34 Å². The number of furan rings is 1. The molecule has 0 amide bonds. The van der Waals surface area contributed by atoms with E-state index in [-0.39, 0.29) is 17.3 Å². The lowest BCUT2D eigenvalue weighted by Crippen LogP contribution is -2.07. The molecule has 2 aromatic carbocycles. The number of fused-ring (bicyclic) bond motifs is 1. The molecule has 0 aliphatic heterocycles. The molecule has 114 valence electrons. The molecule has 0 saturated carbocycles. The standard InChI is InChI=1S/C17H13N3O3/c1-11(17-9-13-4-2-3-5-16(13)23-17)19-14-7-6-12(10-18)8-15(14)20(21)22/h2-9,11,19H,1H3/t11-/m1/s1. The second-order valence-electron chi connectivity index (χ2n) is 5.15. The van der Waals surface area contributed by atoms with Gasteiger partial charge in [-0.2, -0.15) is 5.26 Å². The van der Waals surface area contributed by atoms with Gasteiger partial charge in [-0.25, -0.2) is 0 Å². The van der Waals surface area contributed by atoms with Gasteiger partial charge in [0, 0.05) is 11.5 Å². The van der Waals surface area contributed by atoms with Crippen molar-refractivity contribution in [3.05, 3.63) is 70.0 Å². The van der Waals surface area contributed by atoms with Gasteiger partial charge in [0.25, 0.3) is 5.69 Å². The van der Waals surface area contributed by atoms with E-state index in [2.05, 4.69) is 5.32 Å². The van der Waals surface area contributed by atoms with Crippen LogP contribution in [-0.4, -0.2) is 4.92 Å². The van der Waals surface area contributed by atoms with E-state index in [0.717, 1.165) is 11.0 Å². The monoisotopic (exact) mass is 307 g/mol. The van der Waals surface area contributed by atoms with Crippen LogP contribution in [0.25, 0.3) is 11.0 Å². The first-order chi connectivity index (χ1) is 11.1. The second-order valence-corrected chi connectivity index (χ2v) is 5.15. The minimum atomic E-state index is -0.505. The molecule has 3 aromatic rings. The third-order valence-electron chi connectivity index (χ3n) is 3.57. The molecule has 0 spiro atoms. The summed E-state index contributed by atoms with van der Waals surface area (Å²) in [5, 5.41) is 24.1. The van der Waals surface area contributed by atoms with Crippen LogP contribution in [-0.2, 0) is 0 Å². The molecule has 0 aliphatic rings. The number of nitriles is 1. The fraction of sp³-hybridized carbons (Fsp3) is 0.118. The van der Waals surface area contributed by atoms with Gasteiger partial charge in [0.2, 0.25) is 0 Å². The Balaban J connectivity index is 1.92. The van der Waals surface area contributed by atoms with E-state index >= 15 is 0 Å². The molecule has 0 bridgehead atoms. The Labute approximate surface area is 132 Å². The molecule has 0 saturated heterocycles. The zero-order valence-corrected chi connectivity index (χ0v) is 12.3. The molecule has 0 fully saturated rings. The first kappa shape index (κ1) is 14.6. The molecule has 1 aromatic heterocycles. The van der Waals surface area contributed by atoms with Gasteiger partial charge in [-0.05, 0) is 31.2 Å². The Morgan fingerprint density at radius 3 is 2.74 bits per heavy atom. The largest absolute Gasteiger partial charge is 0.459 e. The lowest BCUT2D eigenvalue weighted by molar-refractivity contribution is -0.384.